The van der Waals surface area contributed by atoms with Crippen LogP contribution in [0.15, 0.2) is 67.0 Å². The highest BCUT2D eigenvalue weighted by Gasteiger charge is 2.26. The van der Waals surface area contributed by atoms with Crippen LogP contribution in [0.4, 0.5) is 5.82 Å². The van der Waals surface area contributed by atoms with Crippen molar-refractivity contribution < 1.29 is 9.53 Å². The third kappa shape index (κ3) is 5.02. The number of anilines is 1. The van der Waals surface area contributed by atoms with E-state index in [1.807, 2.05) is 67.6 Å². The maximum atomic E-state index is 12.8. The SMILES string of the molecule is COc1ccc(-c2cc(N3CCC(C(=O)NC(C)c4ccccc4)CC3)ncn2)cc1. The summed E-state index contributed by atoms with van der Waals surface area (Å²) in [5, 5.41) is 3.17. The number of carbonyl (C=O) groups excluding carboxylic acids is 1. The van der Waals surface area contributed by atoms with Gasteiger partial charge in [-0.25, -0.2) is 9.97 Å². The van der Waals surface area contributed by atoms with E-state index in [1.54, 1.807) is 13.4 Å². The highest BCUT2D eigenvalue weighted by Crippen LogP contribution is 2.26. The number of aromatic nitrogens is 2. The first-order chi connectivity index (χ1) is 15.1. The molecule has 0 bridgehead atoms. The highest BCUT2D eigenvalue weighted by molar-refractivity contribution is 5.79. The van der Waals surface area contributed by atoms with Gasteiger partial charge in [-0.3, -0.25) is 4.79 Å². The number of hydrogen-bond donors (Lipinski definition) is 1. The first-order valence-electron chi connectivity index (χ1n) is 10.7. The Hall–Kier alpha value is -3.41. The van der Waals surface area contributed by atoms with E-state index in [-0.39, 0.29) is 17.9 Å². The number of rotatable bonds is 6. The molecule has 1 aliphatic rings. The monoisotopic (exact) mass is 416 g/mol. The van der Waals surface area contributed by atoms with Gasteiger partial charge in [0.05, 0.1) is 18.8 Å². The Morgan fingerprint density at radius 3 is 2.45 bits per heavy atom. The quantitative estimate of drug-likeness (QED) is 0.651. The van der Waals surface area contributed by atoms with Gasteiger partial charge in [-0.2, -0.15) is 0 Å². The molecule has 6 nitrogen and oxygen atoms in total. The van der Waals surface area contributed by atoms with Crippen LogP contribution in [0.1, 0.15) is 31.4 Å². The molecule has 1 unspecified atom stereocenters. The lowest BCUT2D eigenvalue weighted by atomic mass is 9.95. The molecule has 4 rings (SSSR count). The summed E-state index contributed by atoms with van der Waals surface area (Å²) in [4.78, 5) is 23.9. The molecule has 0 aliphatic carbocycles. The zero-order valence-corrected chi connectivity index (χ0v) is 18.0. The van der Waals surface area contributed by atoms with Crippen LogP contribution in [-0.4, -0.2) is 36.1 Å². The zero-order valence-electron chi connectivity index (χ0n) is 18.0. The molecule has 31 heavy (non-hydrogen) atoms. The van der Waals surface area contributed by atoms with E-state index in [0.29, 0.717) is 0 Å². The van der Waals surface area contributed by atoms with Crippen molar-refractivity contribution in [1.82, 2.24) is 15.3 Å². The van der Waals surface area contributed by atoms with E-state index in [4.69, 9.17) is 4.74 Å². The number of ether oxygens (including phenoxy) is 1. The van der Waals surface area contributed by atoms with Crippen molar-refractivity contribution in [3.05, 3.63) is 72.6 Å². The minimum atomic E-state index is 0.0145. The van der Waals surface area contributed by atoms with Gasteiger partial charge in [0.1, 0.15) is 17.9 Å². The normalized spacial score (nSPS) is 15.4. The summed E-state index contributed by atoms with van der Waals surface area (Å²) in [7, 11) is 1.66. The molecule has 1 aliphatic heterocycles. The molecule has 0 radical (unpaired) electrons. The van der Waals surface area contributed by atoms with Gasteiger partial charge in [-0.15, -0.1) is 0 Å². The molecule has 1 atom stereocenters. The van der Waals surface area contributed by atoms with E-state index in [2.05, 4.69) is 20.2 Å². The van der Waals surface area contributed by atoms with Crippen LogP contribution in [0, 0.1) is 5.92 Å². The fourth-order valence-corrected chi connectivity index (χ4v) is 3.97. The molecule has 1 aromatic heterocycles. The molecule has 6 heteroatoms. The number of nitrogens with one attached hydrogen (secondary N) is 1. The highest BCUT2D eigenvalue weighted by atomic mass is 16.5. The summed E-state index contributed by atoms with van der Waals surface area (Å²) in [5.41, 5.74) is 3.03. The number of piperidine rings is 1. The summed E-state index contributed by atoms with van der Waals surface area (Å²) >= 11 is 0. The van der Waals surface area contributed by atoms with Gasteiger partial charge in [0.25, 0.3) is 0 Å². The van der Waals surface area contributed by atoms with E-state index in [1.165, 1.54) is 0 Å². The van der Waals surface area contributed by atoms with Gasteiger partial charge in [0, 0.05) is 30.6 Å². The minimum Gasteiger partial charge on any atom is -0.497 e. The molecule has 1 N–H and O–H groups in total. The van der Waals surface area contributed by atoms with Gasteiger partial charge in [0.2, 0.25) is 5.91 Å². The third-order valence-corrected chi connectivity index (χ3v) is 5.89. The Kier molecular flexibility index (Phi) is 6.46. The Morgan fingerprint density at radius 2 is 1.77 bits per heavy atom. The number of amides is 1. The summed E-state index contributed by atoms with van der Waals surface area (Å²) in [6.07, 6.45) is 3.24. The standard InChI is InChI=1S/C25H28N4O2/c1-18(19-6-4-3-5-7-19)28-25(30)21-12-14-29(15-13-21)24-16-23(26-17-27-24)20-8-10-22(31-2)11-9-20/h3-11,16-18,21H,12-15H2,1-2H3,(H,28,30). The molecule has 2 heterocycles. The van der Waals surface area contributed by atoms with Gasteiger partial charge in [-0.05, 0) is 49.6 Å². The van der Waals surface area contributed by atoms with Crippen molar-refractivity contribution in [3.63, 3.8) is 0 Å². The molecular weight excluding hydrogens is 388 g/mol. The predicted molar refractivity (Wildman–Crippen MR) is 122 cm³/mol. The van der Waals surface area contributed by atoms with Crippen LogP contribution in [-0.2, 0) is 4.79 Å². The van der Waals surface area contributed by atoms with Crippen molar-refractivity contribution in [2.24, 2.45) is 5.92 Å². The Morgan fingerprint density at radius 1 is 1.06 bits per heavy atom. The van der Waals surface area contributed by atoms with E-state index < -0.39 is 0 Å². The van der Waals surface area contributed by atoms with Crippen molar-refractivity contribution in [1.29, 1.82) is 0 Å². The molecule has 0 spiro atoms. The largest absolute Gasteiger partial charge is 0.497 e. The summed E-state index contributed by atoms with van der Waals surface area (Å²) in [6.45, 7) is 3.64. The lowest BCUT2D eigenvalue weighted by Gasteiger charge is -2.32. The molecule has 1 fully saturated rings. The Bertz CT molecular complexity index is 1000. The lowest BCUT2D eigenvalue weighted by molar-refractivity contribution is -0.126. The average molecular weight is 417 g/mol. The number of nitrogens with zero attached hydrogens (tertiary/aromatic N) is 3. The average Bonchev–Trinajstić information content (AvgIpc) is 2.85. The van der Waals surface area contributed by atoms with Crippen LogP contribution < -0.4 is 15.0 Å². The summed E-state index contributed by atoms with van der Waals surface area (Å²) in [6, 6.07) is 19.9. The second kappa shape index (κ2) is 9.60. The summed E-state index contributed by atoms with van der Waals surface area (Å²) < 4.78 is 5.23. The maximum absolute atomic E-state index is 12.8. The van der Waals surface area contributed by atoms with Crippen LogP contribution in [0.25, 0.3) is 11.3 Å². The van der Waals surface area contributed by atoms with E-state index in [0.717, 1.165) is 54.3 Å². The molecule has 2 aromatic carbocycles. The van der Waals surface area contributed by atoms with Crippen LogP contribution in [0.5, 0.6) is 5.75 Å². The van der Waals surface area contributed by atoms with Crippen LogP contribution in [0.2, 0.25) is 0 Å². The van der Waals surface area contributed by atoms with E-state index >= 15 is 0 Å². The minimum absolute atomic E-state index is 0.0145. The molecule has 3 aromatic rings. The second-order valence-electron chi connectivity index (χ2n) is 7.89. The van der Waals surface area contributed by atoms with Crippen molar-refractivity contribution in [2.45, 2.75) is 25.8 Å². The third-order valence-electron chi connectivity index (χ3n) is 5.89. The predicted octanol–water partition coefficient (Wildman–Crippen LogP) is 4.25. The van der Waals surface area contributed by atoms with Gasteiger partial charge >= 0.3 is 0 Å². The molecule has 1 saturated heterocycles. The number of methoxy groups -OCH3 is 1. The smallest absolute Gasteiger partial charge is 0.223 e. The van der Waals surface area contributed by atoms with E-state index in [9.17, 15) is 4.79 Å². The summed E-state index contributed by atoms with van der Waals surface area (Å²) in [5.74, 6) is 1.89. The van der Waals surface area contributed by atoms with Gasteiger partial charge in [0.15, 0.2) is 0 Å². The van der Waals surface area contributed by atoms with Crippen molar-refractivity contribution in [2.75, 3.05) is 25.1 Å². The van der Waals surface area contributed by atoms with Gasteiger partial charge < -0.3 is 15.0 Å². The van der Waals surface area contributed by atoms with Gasteiger partial charge in [-0.1, -0.05) is 30.3 Å². The first-order valence-corrected chi connectivity index (χ1v) is 10.7. The Labute approximate surface area is 183 Å². The maximum Gasteiger partial charge on any atom is 0.223 e. The lowest BCUT2D eigenvalue weighted by Crippen LogP contribution is -2.41. The molecule has 160 valence electrons. The van der Waals surface area contributed by atoms with Crippen LogP contribution >= 0.6 is 0 Å². The number of carbonyl (C=O) groups is 1. The van der Waals surface area contributed by atoms with Crippen molar-refractivity contribution in [3.8, 4) is 17.0 Å². The number of hydrogen-bond acceptors (Lipinski definition) is 5. The fourth-order valence-electron chi connectivity index (χ4n) is 3.97. The second-order valence-corrected chi connectivity index (χ2v) is 7.89. The zero-order chi connectivity index (χ0) is 21.6. The molecule has 1 amide bonds. The molecular formula is C25H28N4O2. The first kappa shape index (κ1) is 20.8. The van der Waals surface area contributed by atoms with Crippen molar-refractivity contribution >= 4 is 11.7 Å². The Balaban J connectivity index is 1.35. The topological polar surface area (TPSA) is 67.3 Å². The fraction of sp³-hybridized carbons (Fsp3) is 0.320. The molecule has 0 saturated carbocycles. The van der Waals surface area contributed by atoms with Crippen LogP contribution in [0.3, 0.4) is 0 Å². The number of benzene rings is 2.